The Morgan fingerprint density at radius 2 is 1.56 bits per heavy atom. The third-order valence-corrected chi connectivity index (χ3v) is 4.41. The van der Waals surface area contributed by atoms with E-state index < -0.39 is 27.5 Å². The maximum absolute atomic E-state index is 14.9. The lowest BCUT2D eigenvalue weighted by Gasteiger charge is -2.22. The van der Waals surface area contributed by atoms with Gasteiger partial charge in [0.05, 0.1) is 4.90 Å². The van der Waals surface area contributed by atoms with E-state index in [-0.39, 0.29) is 10.6 Å². The fourth-order valence-electron chi connectivity index (χ4n) is 2.13. The highest BCUT2D eigenvalue weighted by Crippen LogP contribution is 2.45. The minimum Gasteiger partial charge on any atom is -0.453 e. The second-order valence-corrected chi connectivity index (χ2v) is 8.18. The number of hydrogen-bond donors (Lipinski definition) is 0. The molecule has 3 nitrogen and oxygen atoms in total. The molecule has 0 atom stereocenters. The zero-order valence-corrected chi connectivity index (χ0v) is 15.1. The molecule has 0 aliphatic heterocycles. The fraction of sp³-hybridized carbons (Fsp3) is 0.263. The van der Waals surface area contributed by atoms with Crippen molar-refractivity contribution in [2.75, 3.05) is 0 Å². The summed E-state index contributed by atoms with van der Waals surface area (Å²) in [5.41, 5.74) is -0.525. The summed E-state index contributed by atoms with van der Waals surface area (Å²) in [6.07, 6.45) is 0. The molecule has 2 aromatic carbocycles. The molecule has 0 saturated heterocycles. The number of halogens is 2. The highest BCUT2D eigenvalue weighted by Gasteiger charge is 2.29. The summed E-state index contributed by atoms with van der Waals surface area (Å²) in [5.74, 6) is -1.99. The zero-order chi connectivity index (χ0) is 18.8. The van der Waals surface area contributed by atoms with Crippen LogP contribution < -0.4 is 4.74 Å². The number of aryl methyl sites for hydroxylation is 1. The van der Waals surface area contributed by atoms with Crippen molar-refractivity contribution in [2.45, 2.75) is 37.3 Å². The number of hydrogen-bond acceptors (Lipinski definition) is 4. The van der Waals surface area contributed by atoms with E-state index in [4.69, 9.17) is 15.3 Å². The first-order chi connectivity index (χ1) is 11.7. The lowest BCUT2D eigenvalue weighted by atomic mass is 10.1. The van der Waals surface area contributed by atoms with Crippen molar-refractivity contribution in [1.82, 2.24) is 0 Å². The van der Waals surface area contributed by atoms with Gasteiger partial charge in [0, 0.05) is 4.75 Å². The zero-order valence-electron chi connectivity index (χ0n) is 14.3. The Kier molecular flexibility index (Phi) is 5.35. The molecule has 25 heavy (non-hydrogen) atoms. The molecule has 0 bridgehead atoms. The van der Waals surface area contributed by atoms with Crippen LogP contribution in [0.25, 0.3) is 0 Å². The van der Waals surface area contributed by atoms with Gasteiger partial charge in [0.2, 0.25) is 0 Å². The van der Waals surface area contributed by atoms with Crippen LogP contribution in [0.4, 0.5) is 8.78 Å². The highest BCUT2D eigenvalue weighted by atomic mass is 32.2. The summed E-state index contributed by atoms with van der Waals surface area (Å²) in [6.45, 7) is 7.26. The summed E-state index contributed by atoms with van der Waals surface area (Å²) in [7, 11) is 0. The van der Waals surface area contributed by atoms with Gasteiger partial charge in [0.15, 0.2) is 17.4 Å². The Bertz CT molecular complexity index is 906. The van der Waals surface area contributed by atoms with Gasteiger partial charge in [0.1, 0.15) is 29.0 Å². The molecule has 0 amide bonds. The minimum atomic E-state index is -1.03. The van der Waals surface area contributed by atoms with Crippen molar-refractivity contribution >= 4 is 11.8 Å². The third kappa shape index (κ3) is 3.92. The first kappa shape index (κ1) is 18.8. The standard InChI is InChI=1S/C19H16F2N2OS/c1-11-7-5-6-8-14(11)24-17-15(20)12(9-22)13(10-23)16(21)18(17)25-19(2,3)4/h5-8H,1-4H3. The van der Waals surface area contributed by atoms with Crippen LogP contribution in [0.5, 0.6) is 11.5 Å². The van der Waals surface area contributed by atoms with Gasteiger partial charge in [-0.1, -0.05) is 39.0 Å². The van der Waals surface area contributed by atoms with Crippen molar-refractivity contribution in [2.24, 2.45) is 0 Å². The lowest BCUT2D eigenvalue weighted by molar-refractivity contribution is 0.415. The summed E-state index contributed by atoms with van der Waals surface area (Å²) in [4.78, 5) is -0.121. The van der Waals surface area contributed by atoms with Gasteiger partial charge in [0.25, 0.3) is 0 Å². The summed E-state index contributed by atoms with van der Waals surface area (Å²) in [5, 5.41) is 18.3. The van der Waals surface area contributed by atoms with Crippen LogP contribution in [0, 0.1) is 41.2 Å². The van der Waals surface area contributed by atoms with Crippen molar-refractivity contribution in [3.63, 3.8) is 0 Å². The molecule has 0 spiro atoms. The quantitative estimate of drug-likeness (QED) is 0.661. The molecule has 0 N–H and O–H groups in total. The molecule has 0 radical (unpaired) electrons. The number of benzene rings is 2. The average Bonchev–Trinajstić information content (AvgIpc) is 2.54. The number of para-hydroxylation sites is 1. The van der Waals surface area contributed by atoms with Crippen LogP contribution in [0.1, 0.15) is 37.5 Å². The molecule has 2 aromatic rings. The Morgan fingerprint density at radius 3 is 2.08 bits per heavy atom. The van der Waals surface area contributed by atoms with Crippen molar-refractivity contribution in [1.29, 1.82) is 10.5 Å². The molecular formula is C19H16F2N2OS. The Labute approximate surface area is 149 Å². The Balaban J connectivity index is 2.76. The highest BCUT2D eigenvalue weighted by molar-refractivity contribution is 8.00. The lowest BCUT2D eigenvalue weighted by Crippen LogP contribution is -2.10. The predicted molar refractivity (Wildman–Crippen MR) is 92.7 cm³/mol. The van der Waals surface area contributed by atoms with Crippen LogP contribution >= 0.6 is 11.8 Å². The Hall–Kier alpha value is -2.57. The second-order valence-electron chi connectivity index (χ2n) is 6.34. The Morgan fingerprint density at radius 1 is 1.00 bits per heavy atom. The first-order valence-electron chi connectivity index (χ1n) is 7.47. The first-order valence-corrected chi connectivity index (χ1v) is 8.29. The van der Waals surface area contributed by atoms with Gasteiger partial charge < -0.3 is 4.74 Å². The van der Waals surface area contributed by atoms with Gasteiger partial charge in [-0.3, -0.25) is 0 Å². The molecule has 0 fully saturated rings. The van der Waals surface area contributed by atoms with Gasteiger partial charge in [-0.2, -0.15) is 10.5 Å². The molecule has 6 heteroatoms. The average molecular weight is 358 g/mol. The van der Waals surface area contributed by atoms with E-state index in [0.29, 0.717) is 5.75 Å². The van der Waals surface area contributed by atoms with Crippen LogP contribution in [0.3, 0.4) is 0 Å². The maximum atomic E-state index is 14.9. The SMILES string of the molecule is Cc1ccccc1Oc1c(F)c(C#N)c(C#N)c(F)c1SC(C)(C)C. The van der Waals surface area contributed by atoms with E-state index in [1.165, 1.54) is 0 Å². The number of rotatable bonds is 3. The van der Waals surface area contributed by atoms with E-state index in [9.17, 15) is 8.78 Å². The van der Waals surface area contributed by atoms with Crippen LogP contribution in [-0.4, -0.2) is 4.75 Å². The molecular weight excluding hydrogens is 342 g/mol. The number of thioether (sulfide) groups is 1. The fourth-order valence-corrected chi connectivity index (χ4v) is 3.15. The van der Waals surface area contributed by atoms with E-state index in [2.05, 4.69) is 0 Å². The second kappa shape index (κ2) is 7.13. The van der Waals surface area contributed by atoms with E-state index in [0.717, 1.165) is 17.3 Å². The predicted octanol–water partition coefficient (Wildman–Crippen LogP) is 5.70. The number of nitrogens with zero attached hydrogens (tertiary/aromatic N) is 2. The molecule has 0 saturated carbocycles. The van der Waals surface area contributed by atoms with Crippen molar-refractivity contribution in [3.8, 4) is 23.6 Å². The molecule has 0 aliphatic carbocycles. The summed E-state index contributed by atoms with van der Waals surface area (Å²) < 4.78 is 34.9. The van der Waals surface area contributed by atoms with Crippen LogP contribution in [0.2, 0.25) is 0 Å². The van der Waals surface area contributed by atoms with Crippen molar-refractivity contribution in [3.05, 3.63) is 52.6 Å². The van der Waals surface area contributed by atoms with Gasteiger partial charge in [-0.25, -0.2) is 8.78 Å². The largest absolute Gasteiger partial charge is 0.453 e. The van der Waals surface area contributed by atoms with E-state index in [1.807, 2.05) is 20.8 Å². The maximum Gasteiger partial charge on any atom is 0.186 e. The van der Waals surface area contributed by atoms with E-state index >= 15 is 0 Å². The minimum absolute atomic E-state index is 0.121. The van der Waals surface area contributed by atoms with Crippen LogP contribution in [-0.2, 0) is 0 Å². The number of nitriles is 2. The normalized spacial score (nSPS) is 10.9. The molecule has 0 aliphatic rings. The number of ether oxygens (including phenoxy) is 1. The van der Waals surface area contributed by atoms with Gasteiger partial charge in [-0.15, -0.1) is 11.8 Å². The van der Waals surface area contributed by atoms with Crippen LogP contribution in [0.15, 0.2) is 29.2 Å². The topological polar surface area (TPSA) is 56.8 Å². The molecule has 0 heterocycles. The molecule has 0 unspecified atom stereocenters. The van der Waals surface area contributed by atoms with Gasteiger partial charge in [-0.05, 0) is 18.6 Å². The van der Waals surface area contributed by atoms with Crippen molar-refractivity contribution < 1.29 is 13.5 Å². The molecule has 128 valence electrons. The smallest absolute Gasteiger partial charge is 0.186 e. The van der Waals surface area contributed by atoms with E-state index in [1.54, 1.807) is 43.3 Å². The van der Waals surface area contributed by atoms with Gasteiger partial charge >= 0.3 is 0 Å². The molecule has 2 rings (SSSR count). The monoisotopic (exact) mass is 358 g/mol. The molecule has 0 aromatic heterocycles. The summed E-state index contributed by atoms with van der Waals surface area (Å²) in [6, 6.07) is 10.0. The summed E-state index contributed by atoms with van der Waals surface area (Å²) >= 11 is 1.04. The third-order valence-electron chi connectivity index (χ3n) is 3.23.